The molecule has 0 aromatic heterocycles. The van der Waals surface area contributed by atoms with Crippen LogP contribution in [-0.4, -0.2) is 17.9 Å². The molecule has 4 nitrogen and oxygen atoms in total. The van der Waals surface area contributed by atoms with Crippen LogP contribution in [0, 0.1) is 19.8 Å². The Balaban J connectivity index is 1.85. The summed E-state index contributed by atoms with van der Waals surface area (Å²) in [5.41, 5.74) is 4.61. The van der Waals surface area contributed by atoms with Crippen LogP contribution in [0.25, 0.3) is 0 Å². The van der Waals surface area contributed by atoms with E-state index in [0.29, 0.717) is 0 Å². The maximum absolute atomic E-state index is 13.4. The third kappa shape index (κ3) is 5.60. The molecule has 2 N–H and O–H groups in total. The van der Waals surface area contributed by atoms with Gasteiger partial charge in [0.2, 0.25) is 11.8 Å². The first-order valence-corrected chi connectivity index (χ1v) is 10.6. The first-order chi connectivity index (χ1) is 14.9. The minimum absolute atomic E-state index is 0.0683. The standard InChI is InChI=1S/C27H30N2O2/c1-18(2)25(27(31)28-23-17-19(3)15-16-20(23)4)29-26(30)24(21-11-7-5-8-12-21)22-13-9-6-10-14-22/h5-18,24-25H,1-4H3,(H,28,31)(H,29,30). The second-order valence-electron chi connectivity index (χ2n) is 8.29. The van der Waals surface area contributed by atoms with Crippen molar-refractivity contribution in [1.29, 1.82) is 0 Å². The van der Waals surface area contributed by atoms with E-state index < -0.39 is 12.0 Å². The SMILES string of the molecule is Cc1ccc(C)c(NC(=O)C(NC(=O)C(c2ccccc2)c2ccccc2)C(C)C)c1. The molecule has 3 rings (SSSR count). The maximum Gasteiger partial charge on any atom is 0.247 e. The van der Waals surface area contributed by atoms with Gasteiger partial charge in [-0.15, -0.1) is 0 Å². The topological polar surface area (TPSA) is 58.2 Å². The van der Waals surface area contributed by atoms with Crippen molar-refractivity contribution < 1.29 is 9.59 Å². The van der Waals surface area contributed by atoms with E-state index in [0.717, 1.165) is 27.9 Å². The van der Waals surface area contributed by atoms with Crippen molar-refractivity contribution in [3.05, 3.63) is 101 Å². The normalized spacial score (nSPS) is 11.9. The fraction of sp³-hybridized carbons (Fsp3) is 0.259. The Morgan fingerprint density at radius 3 is 1.81 bits per heavy atom. The molecule has 1 atom stereocenters. The van der Waals surface area contributed by atoms with Crippen molar-refractivity contribution in [3.8, 4) is 0 Å². The van der Waals surface area contributed by atoms with Gasteiger partial charge >= 0.3 is 0 Å². The highest BCUT2D eigenvalue weighted by Gasteiger charge is 2.29. The van der Waals surface area contributed by atoms with Gasteiger partial charge in [0.15, 0.2) is 0 Å². The van der Waals surface area contributed by atoms with Crippen LogP contribution in [0.4, 0.5) is 5.69 Å². The van der Waals surface area contributed by atoms with Crippen LogP contribution in [0.3, 0.4) is 0 Å². The van der Waals surface area contributed by atoms with Crippen molar-refractivity contribution in [1.82, 2.24) is 5.32 Å². The Morgan fingerprint density at radius 1 is 0.742 bits per heavy atom. The molecule has 2 amide bonds. The lowest BCUT2D eigenvalue weighted by Crippen LogP contribution is -2.48. The maximum atomic E-state index is 13.4. The van der Waals surface area contributed by atoms with Crippen LogP contribution < -0.4 is 10.6 Å². The van der Waals surface area contributed by atoms with E-state index in [2.05, 4.69) is 10.6 Å². The fourth-order valence-corrected chi connectivity index (χ4v) is 3.64. The minimum atomic E-state index is -0.651. The summed E-state index contributed by atoms with van der Waals surface area (Å²) in [7, 11) is 0. The number of carbonyl (C=O) groups is 2. The van der Waals surface area contributed by atoms with Crippen molar-refractivity contribution in [2.45, 2.75) is 39.7 Å². The van der Waals surface area contributed by atoms with Crippen molar-refractivity contribution >= 4 is 17.5 Å². The van der Waals surface area contributed by atoms with Crippen LogP contribution >= 0.6 is 0 Å². The first kappa shape index (κ1) is 22.3. The molecule has 0 aliphatic heterocycles. The summed E-state index contributed by atoms with van der Waals surface area (Å²) in [5, 5.41) is 6.02. The molecule has 0 spiro atoms. The van der Waals surface area contributed by atoms with Crippen molar-refractivity contribution in [3.63, 3.8) is 0 Å². The summed E-state index contributed by atoms with van der Waals surface area (Å²) >= 11 is 0. The van der Waals surface area contributed by atoms with Gasteiger partial charge in [0.25, 0.3) is 0 Å². The summed E-state index contributed by atoms with van der Waals surface area (Å²) in [4.78, 5) is 26.6. The Hall–Kier alpha value is -3.40. The fourth-order valence-electron chi connectivity index (χ4n) is 3.64. The lowest BCUT2D eigenvalue weighted by atomic mass is 9.89. The van der Waals surface area contributed by atoms with E-state index in [1.54, 1.807) is 0 Å². The molecule has 0 fully saturated rings. The van der Waals surface area contributed by atoms with Gasteiger partial charge in [0, 0.05) is 5.69 Å². The summed E-state index contributed by atoms with van der Waals surface area (Å²) < 4.78 is 0. The number of anilines is 1. The lowest BCUT2D eigenvalue weighted by molar-refractivity contribution is -0.127. The van der Waals surface area contributed by atoms with Crippen molar-refractivity contribution in [2.24, 2.45) is 5.92 Å². The molecular formula is C27H30N2O2. The Bertz CT molecular complexity index is 990. The molecule has 0 saturated carbocycles. The van der Waals surface area contributed by atoms with Gasteiger partial charge in [0.1, 0.15) is 6.04 Å². The highest BCUT2D eigenvalue weighted by molar-refractivity contribution is 5.99. The van der Waals surface area contributed by atoms with E-state index >= 15 is 0 Å². The zero-order chi connectivity index (χ0) is 22.4. The zero-order valence-electron chi connectivity index (χ0n) is 18.6. The van der Waals surface area contributed by atoms with Crippen LogP contribution in [0.1, 0.15) is 42.0 Å². The largest absolute Gasteiger partial charge is 0.343 e. The summed E-state index contributed by atoms with van der Waals surface area (Å²) in [6, 6.07) is 24.6. The molecule has 0 saturated heterocycles. The van der Waals surface area contributed by atoms with Gasteiger partial charge in [-0.25, -0.2) is 0 Å². The Morgan fingerprint density at radius 2 is 1.29 bits per heavy atom. The number of aryl methyl sites for hydroxylation is 2. The summed E-state index contributed by atoms with van der Waals surface area (Å²) in [6.07, 6.45) is 0. The Labute approximate surface area is 184 Å². The number of rotatable bonds is 7. The van der Waals surface area contributed by atoms with Gasteiger partial charge in [-0.3, -0.25) is 9.59 Å². The lowest BCUT2D eigenvalue weighted by Gasteiger charge is -2.25. The second-order valence-corrected chi connectivity index (χ2v) is 8.29. The predicted molar refractivity (Wildman–Crippen MR) is 126 cm³/mol. The molecule has 4 heteroatoms. The van der Waals surface area contributed by atoms with Gasteiger partial charge in [-0.2, -0.15) is 0 Å². The van der Waals surface area contributed by atoms with Gasteiger partial charge < -0.3 is 10.6 Å². The smallest absolute Gasteiger partial charge is 0.247 e. The molecule has 0 heterocycles. The number of benzene rings is 3. The molecule has 1 unspecified atom stereocenters. The van der Waals surface area contributed by atoms with Crippen LogP contribution in [0.5, 0.6) is 0 Å². The molecule has 3 aromatic carbocycles. The number of nitrogens with one attached hydrogen (secondary N) is 2. The molecule has 0 aliphatic rings. The monoisotopic (exact) mass is 414 g/mol. The molecule has 0 radical (unpaired) electrons. The molecule has 160 valence electrons. The zero-order valence-corrected chi connectivity index (χ0v) is 18.6. The van der Waals surface area contributed by atoms with Gasteiger partial charge in [-0.1, -0.05) is 86.6 Å². The molecule has 3 aromatic rings. The summed E-state index contributed by atoms with van der Waals surface area (Å²) in [6.45, 7) is 7.82. The third-order valence-electron chi connectivity index (χ3n) is 5.43. The molecule has 0 aliphatic carbocycles. The average Bonchev–Trinajstić information content (AvgIpc) is 2.76. The van der Waals surface area contributed by atoms with Crippen LogP contribution in [0.15, 0.2) is 78.9 Å². The highest BCUT2D eigenvalue weighted by Crippen LogP contribution is 2.25. The van der Waals surface area contributed by atoms with E-state index in [1.807, 2.05) is 107 Å². The Kier molecular flexibility index (Phi) is 7.24. The number of carbonyl (C=O) groups excluding carboxylic acids is 2. The van der Waals surface area contributed by atoms with Crippen LogP contribution in [-0.2, 0) is 9.59 Å². The number of amides is 2. The highest BCUT2D eigenvalue weighted by atomic mass is 16.2. The van der Waals surface area contributed by atoms with Crippen molar-refractivity contribution in [2.75, 3.05) is 5.32 Å². The third-order valence-corrected chi connectivity index (χ3v) is 5.43. The minimum Gasteiger partial charge on any atom is -0.343 e. The quantitative estimate of drug-likeness (QED) is 0.557. The second kappa shape index (κ2) is 10.1. The van der Waals surface area contributed by atoms with Gasteiger partial charge in [0.05, 0.1) is 5.92 Å². The average molecular weight is 415 g/mol. The molecule has 31 heavy (non-hydrogen) atoms. The summed E-state index contributed by atoms with van der Waals surface area (Å²) in [5.74, 6) is -0.956. The van der Waals surface area contributed by atoms with E-state index in [-0.39, 0.29) is 17.7 Å². The molecular weight excluding hydrogens is 384 g/mol. The first-order valence-electron chi connectivity index (χ1n) is 10.6. The number of hydrogen-bond acceptors (Lipinski definition) is 2. The predicted octanol–water partition coefficient (Wildman–Crippen LogP) is 5.21. The van der Waals surface area contributed by atoms with E-state index in [9.17, 15) is 9.59 Å². The van der Waals surface area contributed by atoms with Crippen LogP contribution in [0.2, 0.25) is 0 Å². The van der Waals surface area contributed by atoms with E-state index in [4.69, 9.17) is 0 Å². The van der Waals surface area contributed by atoms with E-state index in [1.165, 1.54) is 0 Å². The number of hydrogen-bond donors (Lipinski definition) is 2. The van der Waals surface area contributed by atoms with Gasteiger partial charge in [-0.05, 0) is 48.1 Å². The molecule has 0 bridgehead atoms.